The lowest BCUT2D eigenvalue weighted by Crippen LogP contribution is -2.42. The van der Waals surface area contributed by atoms with Crippen LogP contribution in [-0.2, 0) is 9.84 Å². The van der Waals surface area contributed by atoms with Crippen LogP contribution in [0.2, 0.25) is 5.02 Å². The maximum atomic E-state index is 12.8. The Morgan fingerprint density at radius 2 is 1.64 bits per heavy atom. The molecule has 1 aliphatic rings. The summed E-state index contributed by atoms with van der Waals surface area (Å²) in [5.41, 5.74) is 1.16. The first-order valence-electron chi connectivity index (χ1n) is 9.10. The number of hydrogen-bond donors (Lipinski definition) is 0. The Labute approximate surface area is 168 Å². The van der Waals surface area contributed by atoms with E-state index in [9.17, 15) is 13.2 Å². The molecule has 0 aliphatic carbocycles. The molecular weight excluding hydrogens is 396 g/mol. The molecule has 0 saturated carbocycles. The number of amides is 1. The molecule has 4 rings (SSSR count). The SMILES string of the molecule is O=C(c1ccc2ccccc2n1)N1CCC(S(=O)(=O)c2ccc(Cl)cc2)CC1. The van der Waals surface area contributed by atoms with Gasteiger partial charge in [0.15, 0.2) is 9.84 Å². The molecule has 1 aromatic heterocycles. The molecule has 0 spiro atoms. The van der Waals surface area contributed by atoms with Crippen molar-refractivity contribution in [2.24, 2.45) is 0 Å². The van der Waals surface area contributed by atoms with Crippen LogP contribution in [0.4, 0.5) is 0 Å². The highest BCUT2D eigenvalue weighted by Gasteiger charge is 2.33. The molecule has 1 fully saturated rings. The third kappa shape index (κ3) is 3.62. The lowest BCUT2D eigenvalue weighted by molar-refractivity contribution is 0.0720. The third-order valence-electron chi connectivity index (χ3n) is 5.13. The van der Waals surface area contributed by atoms with Crippen LogP contribution in [0, 0.1) is 0 Å². The van der Waals surface area contributed by atoms with Crippen molar-refractivity contribution in [1.29, 1.82) is 0 Å². The highest BCUT2D eigenvalue weighted by molar-refractivity contribution is 7.92. The van der Waals surface area contributed by atoms with E-state index < -0.39 is 15.1 Å². The molecule has 28 heavy (non-hydrogen) atoms. The lowest BCUT2D eigenvalue weighted by atomic mass is 10.1. The molecule has 0 bridgehead atoms. The largest absolute Gasteiger partial charge is 0.337 e. The number of hydrogen-bond acceptors (Lipinski definition) is 4. The van der Waals surface area contributed by atoms with Crippen LogP contribution in [0.15, 0.2) is 65.6 Å². The van der Waals surface area contributed by atoms with Gasteiger partial charge in [0.05, 0.1) is 15.7 Å². The van der Waals surface area contributed by atoms with E-state index in [0.717, 1.165) is 10.9 Å². The standard InChI is InChI=1S/C21H19ClN2O3S/c22-16-6-8-17(9-7-16)28(26,27)18-11-13-24(14-12-18)21(25)20-10-5-15-3-1-2-4-19(15)23-20/h1-10,18H,11-14H2. The minimum absolute atomic E-state index is 0.159. The van der Waals surface area contributed by atoms with Crippen LogP contribution in [-0.4, -0.2) is 42.5 Å². The highest BCUT2D eigenvalue weighted by Crippen LogP contribution is 2.26. The number of piperidine rings is 1. The van der Waals surface area contributed by atoms with E-state index in [2.05, 4.69) is 4.98 Å². The van der Waals surface area contributed by atoms with E-state index in [4.69, 9.17) is 11.6 Å². The summed E-state index contributed by atoms with van der Waals surface area (Å²) < 4.78 is 25.7. The van der Waals surface area contributed by atoms with Crippen molar-refractivity contribution in [2.45, 2.75) is 23.0 Å². The van der Waals surface area contributed by atoms with Gasteiger partial charge in [-0.1, -0.05) is 35.9 Å². The topological polar surface area (TPSA) is 67.3 Å². The van der Waals surface area contributed by atoms with Crippen molar-refractivity contribution in [3.8, 4) is 0 Å². The molecule has 0 atom stereocenters. The van der Waals surface area contributed by atoms with Crippen molar-refractivity contribution < 1.29 is 13.2 Å². The number of fused-ring (bicyclic) bond motifs is 1. The molecule has 7 heteroatoms. The van der Waals surface area contributed by atoms with E-state index in [1.54, 1.807) is 23.1 Å². The van der Waals surface area contributed by atoms with Crippen molar-refractivity contribution in [3.63, 3.8) is 0 Å². The van der Waals surface area contributed by atoms with Crippen molar-refractivity contribution in [1.82, 2.24) is 9.88 Å². The molecule has 0 radical (unpaired) electrons. The van der Waals surface area contributed by atoms with Crippen LogP contribution < -0.4 is 0 Å². The predicted molar refractivity (Wildman–Crippen MR) is 109 cm³/mol. The van der Waals surface area contributed by atoms with E-state index in [1.807, 2.05) is 30.3 Å². The Balaban J connectivity index is 1.47. The number of sulfone groups is 1. The Kier molecular flexibility index (Phi) is 5.08. The van der Waals surface area contributed by atoms with Crippen molar-refractivity contribution >= 4 is 38.2 Å². The highest BCUT2D eigenvalue weighted by atomic mass is 35.5. The molecule has 0 N–H and O–H groups in total. The summed E-state index contributed by atoms with van der Waals surface area (Å²) in [7, 11) is -3.43. The van der Waals surface area contributed by atoms with Crippen LogP contribution in [0.5, 0.6) is 0 Å². The second-order valence-electron chi connectivity index (χ2n) is 6.88. The van der Waals surface area contributed by atoms with Gasteiger partial charge in [-0.25, -0.2) is 13.4 Å². The minimum Gasteiger partial charge on any atom is -0.337 e. The number of benzene rings is 2. The van der Waals surface area contributed by atoms with Gasteiger partial charge in [0.1, 0.15) is 5.69 Å². The van der Waals surface area contributed by atoms with Crippen LogP contribution in [0.25, 0.3) is 10.9 Å². The zero-order chi connectivity index (χ0) is 19.7. The lowest BCUT2D eigenvalue weighted by Gasteiger charge is -2.31. The fourth-order valence-corrected chi connectivity index (χ4v) is 5.39. The van der Waals surface area contributed by atoms with Crippen molar-refractivity contribution in [2.75, 3.05) is 13.1 Å². The third-order valence-corrected chi connectivity index (χ3v) is 7.66. The predicted octanol–water partition coefficient (Wildman–Crippen LogP) is 3.97. The number of para-hydroxylation sites is 1. The number of pyridine rings is 1. The van der Waals surface area contributed by atoms with Gasteiger partial charge in [-0.15, -0.1) is 0 Å². The second-order valence-corrected chi connectivity index (χ2v) is 9.54. The smallest absolute Gasteiger partial charge is 0.272 e. The number of aromatic nitrogens is 1. The fourth-order valence-electron chi connectivity index (χ4n) is 3.53. The Morgan fingerprint density at radius 3 is 2.36 bits per heavy atom. The molecule has 3 aromatic rings. The normalized spacial score (nSPS) is 15.7. The van der Waals surface area contributed by atoms with E-state index in [-0.39, 0.29) is 10.8 Å². The fraction of sp³-hybridized carbons (Fsp3) is 0.238. The first kappa shape index (κ1) is 18.9. The van der Waals surface area contributed by atoms with Gasteiger partial charge in [0.2, 0.25) is 0 Å². The maximum absolute atomic E-state index is 12.8. The Morgan fingerprint density at radius 1 is 0.964 bits per heavy atom. The zero-order valence-corrected chi connectivity index (χ0v) is 16.7. The molecular formula is C21H19ClN2O3S. The molecule has 0 unspecified atom stereocenters. The van der Waals surface area contributed by atoms with Gasteiger partial charge in [-0.2, -0.15) is 0 Å². The molecule has 1 saturated heterocycles. The average Bonchev–Trinajstić information content (AvgIpc) is 2.73. The number of halogens is 1. The van der Waals surface area contributed by atoms with Gasteiger partial charge in [0, 0.05) is 23.5 Å². The minimum atomic E-state index is -3.43. The summed E-state index contributed by atoms with van der Waals surface area (Å²) in [4.78, 5) is 19.2. The molecule has 1 amide bonds. The second kappa shape index (κ2) is 7.53. The maximum Gasteiger partial charge on any atom is 0.272 e. The van der Waals surface area contributed by atoms with Gasteiger partial charge < -0.3 is 4.90 Å². The average molecular weight is 415 g/mol. The number of likely N-dealkylation sites (tertiary alicyclic amines) is 1. The number of rotatable bonds is 3. The summed E-state index contributed by atoms with van der Waals surface area (Å²) in [5, 5.41) is 0.983. The Bertz CT molecular complexity index is 1120. The van der Waals surface area contributed by atoms with Crippen molar-refractivity contribution in [3.05, 3.63) is 71.4 Å². The van der Waals surface area contributed by atoms with E-state index in [0.29, 0.717) is 36.6 Å². The summed E-state index contributed by atoms with van der Waals surface area (Å²) in [5.74, 6) is -0.159. The first-order chi connectivity index (χ1) is 13.4. The Hall–Kier alpha value is -2.44. The molecule has 144 valence electrons. The van der Waals surface area contributed by atoms with Gasteiger partial charge in [0.25, 0.3) is 5.91 Å². The van der Waals surface area contributed by atoms with Gasteiger partial charge >= 0.3 is 0 Å². The van der Waals surface area contributed by atoms with E-state index >= 15 is 0 Å². The van der Waals surface area contributed by atoms with Gasteiger partial charge in [-0.3, -0.25) is 4.79 Å². The zero-order valence-electron chi connectivity index (χ0n) is 15.1. The number of nitrogens with zero attached hydrogens (tertiary/aromatic N) is 2. The summed E-state index contributed by atoms with van der Waals surface area (Å²) in [6.45, 7) is 0.787. The summed E-state index contributed by atoms with van der Waals surface area (Å²) in [6.07, 6.45) is 0.814. The number of carbonyl (C=O) groups excluding carboxylic acids is 1. The van der Waals surface area contributed by atoms with Gasteiger partial charge in [-0.05, 0) is 49.2 Å². The molecule has 5 nitrogen and oxygen atoms in total. The summed E-state index contributed by atoms with van der Waals surface area (Å²) >= 11 is 5.85. The quantitative estimate of drug-likeness (QED) is 0.650. The first-order valence-corrected chi connectivity index (χ1v) is 11.0. The van der Waals surface area contributed by atoms with Crippen LogP contribution in [0.3, 0.4) is 0 Å². The number of carbonyl (C=O) groups is 1. The van der Waals surface area contributed by atoms with E-state index in [1.165, 1.54) is 12.1 Å². The molecule has 1 aliphatic heterocycles. The summed E-state index contributed by atoms with van der Waals surface area (Å²) in [6, 6.07) is 17.5. The molecule has 2 aromatic carbocycles. The van der Waals surface area contributed by atoms with Crippen LogP contribution >= 0.6 is 11.6 Å². The molecule has 2 heterocycles. The monoisotopic (exact) mass is 414 g/mol. The van der Waals surface area contributed by atoms with Crippen LogP contribution in [0.1, 0.15) is 23.3 Å².